The second kappa shape index (κ2) is 6.27. The summed E-state index contributed by atoms with van der Waals surface area (Å²) < 4.78 is 15.3. The van der Waals surface area contributed by atoms with Gasteiger partial charge in [-0.25, -0.2) is 13.9 Å². The fourth-order valence-corrected chi connectivity index (χ4v) is 3.38. The zero-order valence-corrected chi connectivity index (χ0v) is 14.0. The molecule has 0 radical (unpaired) electrons. The number of fused-ring (bicyclic) bond motifs is 1. The lowest BCUT2D eigenvalue weighted by Crippen LogP contribution is -2.29. The highest BCUT2D eigenvalue weighted by molar-refractivity contribution is 5.93. The summed E-state index contributed by atoms with van der Waals surface area (Å²) in [5.41, 5.74) is 2.73. The molecule has 1 saturated heterocycles. The van der Waals surface area contributed by atoms with Crippen LogP contribution in [0.1, 0.15) is 28.0 Å². The molecule has 1 aliphatic heterocycles. The van der Waals surface area contributed by atoms with Crippen LogP contribution >= 0.6 is 0 Å². The van der Waals surface area contributed by atoms with Gasteiger partial charge in [0.05, 0.1) is 0 Å². The Balaban J connectivity index is 1.44. The summed E-state index contributed by atoms with van der Waals surface area (Å²) in [5, 5.41) is 4.30. The van der Waals surface area contributed by atoms with Crippen LogP contribution in [0.2, 0.25) is 0 Å². The zero-order chi connectivity index (χ0) is 17.4. The lowest BCUT2D eigenvalue weighted by atomic mass is 9.98. The van der Waals surface area contributed by atoms with Crippen molar-refractivity contribution in [1.82, 2.24) is 19.5 Å². The van der Waals surface area contributed by atoms with Crippen molar-refractivity contribution in [2.75, 3.05) is 13.1 Å². The highest BCUT2D eigenvalue weighted by Gasteiger charge is 2.28. The number of hydrogen-bond acceptors (Lipinski definition) is 3. The minimum Gasteiger partial charge on any atom is -0.337 e. The number of nitrogens with zero attached hydrogens (tertiary/aromatic N) is 4. The largest absolute Gasteiger partial charge is 0.337 e. The van der Waals surface area contributed by atoms with Crippen LogP contribution in [0.25, 0.3) is 5.65 Å². The predicted molar refractivity (Wildman–Crippen MR) is 91.8 cm³/mol. The number of aromatic nitrogens is 3. The van der Waals surface area contributed by atoms with E-state index in [1.165, 1.54) is 0 Å². The van der Waals surface area contributed by atoms with E-state index in [9.17, 15) is 9.18 Å². The second-order valence-corrected chi connectivity index (χ2v) is 6.65. The highest BCUT2D eigenvalue weighted by Crippen LogP contribution is 2.23. The molecule has 25 heavy (non-hydrogen) atoms. The lowest BCUT2D eigenvalue weighted by Gasteiger charge is -2.15. The summed E-state index contributed by atoms with van der Waals surface area (Å²) >= 11 is 0. The molecule has 3 aromatic rings. The van der Waals surface area contributed by atoms with Crippen LogP contribution in [0.5, 0.6) is 0 Å². The molecule has 0 bridgehead atoms. The molecule has 1 unspecified atom stereocenters. The molecule has 0 N–H and O–H groups in total. The third-order valence-corrected chi connectivity index (χ3v) is 4.79. The summed E-state index contributed by atoms with van der Waals surface area (Å²) in [6.07, 6.45) is 5.16. The highest BCUT2D eigenvalue weighted by atomic mass is 19.1. The predicted octanol–water partition coefficient (Wildman–Crippen LogP) is 2.88. The van der Waals surface area contributed by atoms with Gasteiger partial charge in [-0.2, -0.15) is 5.10 Å². The lowest BCUT2D eigenvalue weighted by molar-refractivity contribution is 0.0781. The smallest absolute Gasteiger partial charge is 0.274 e. The molecule has 0 aliphatic carbocycles. The Morgan fingerprint density at radius 3 is 3.04 bits per heavy atom. The first-order valence-corrected chi connectivity index (χ1v) is 8.45. The van der Waals surface area contributed by atoms with Crippen molar-refractivity contribution in [2.24, 2.45) is 5.92 Å². The van der Waals surface area contributed by atoms with Crippen LogP contribution in [-0.2, 0) is 6.42 Å². The van der Waals surface area contributed by atoms with E-state index in [0.29, 0.717) is 35.9 Å². The molecule has 0 spiro atoms. The minimum absolute atomic E-state index is 0.0666. The maximum absolute atomic E-state index is 13.7. The van der Waals surface area contributed by atoms with Crippen molar-refractivity contribution in [3.05, 3.63) is 65.4 Å². The summed E-state index contributed by atoms with van der Waals surface area (Å²) in [4.78, 5) is 18.7. The number of aryl methyl sites for hydroxylation is 1. The summed E-state index contributed by atoms with van der Waals surface area (Å²) in [6, 6.07) is 8.88. The molecular weight excluding hydrogens is 319 g/mol. The molecule has 1 atom stereocenters. The second-order valence-electron chi connectivity index (χ2n) is 6.65. The number of carbonyl (C=O) groups is 1. The average Bonchev–Trinajstić information content (AvgIpc) is 3.24. The molecular formula is C19H19FN4O. The van der Waals surface area contributed by atoms with Gasteiger partial charge in [0.2, 0.25) is 0 Å². The van der Waals surface area contributed by atoms with Crippen molar-refractivity contribution in [3.63, 3.8) is 0 Å². The van der Waals surface area contributed by atoms with E-state index in [4.69, 9.17) is 0 Å². The first-order valence-electron chi connectivity index (χ1n) is 8.45. The van der Waals surface area contributed by atoms with Gasteiger partial charge in [-0.1, -0.05) is 12.1 Å². The maximum atomic E-state index is 13.7. The molecule has 1 fully saturated rings. The number of hydrogen-bond donors (Lipinski definition) is 0. The third kappa shape index (κ3) is 3.12. The van der Waals surface area contributed by atoms with Crippen LogP contribution in [-0.4, -0.2) is 38.5 Å². The van der Waals surface area contributed by atoms with E-state index < -0.39 is 0 Å². The Morgan fingerprint density at radius 1 is 1.36 bits per heavy atom. The fraction of sp³-hybridized carbons (Fsp3) is 0.316. The van der Waals surface area contributed by atoms with Crippen molar-refractivity contribution >= 4 is 11.6 Å². The summed E-state index contributed by atoms with van der Waals surface area (Å²) in [6.45, 7) is 3.15. The zero-order valence-electron chi connectivity index (χ0n) is 14.0. The SMILES string of the molecule is Cc1ccc(CC2CCN(C(=O)c3cc4ncccn4n3)C2)cc1F. The summed E-state index contributed by atoms with van der Waals surface area (Å²) in [7, 11) is 0. The molecule has 3 heterocycles. The van der Waals surface area contributed by atoms with Gasteiger partial charge in [-0.15, -0.1) is 0 Å². The third-order valence-electron chi connectivity index (χ3n) is 4.79. The number of halogens is 1. The van der Waals surface area contributed by atoms with E-state index in [2.05, 4.69) is 10.1 Å². The van der Waals surface area contributed by atoms with Crippen molar-refractivity contribution < 1.29 is 9.18 Å². The Kier molecular flexibility index (Phi) is 3.95. The molecule has 5 nitrogen and oxygen atoms in total. The van der Waals surface area contributed by atoms with Gasteiger partial charge >= 0.3 is 0 Å². The van der Waals surface area contributed by atoms with Crippen molar-refractivity contribution in [3.8, 4) is 0 Å². The van der Waals surface area contributed by atoms with Crippen molar-refractivity contribution in [2.45, 2.75) is 19.8 Å². The van der Waals surface area contributed by atoms with Gasteiger partial charge in [-0.05, 0) is 48.9 Å². The molecule has 1 aromatic carbocycles. The van der Waals surface area contributed by atoms with Gasteiger partial charge in [0.25, 0.3) is 5.91 Å². The van der Waals surface area contributed by atoms with Crippen LogP contribution < -0.4 is 0 Å². The van der Waals surface area contributed by atoms with Gasteiger partial charge in [0, 0.05) is 31.5 Å². The van der Waals surface area contributed by atoms with Crippen LogP contribution in [0.4, 0.5) is 4.39 Å². The van der Waals surface area contributed by atoms with Gasteiger partial charge in [0.15, 0.2) is 11.3 Å². The summed E-state index contributed by atoms with van der Waals surface area (Å²) in [5.74, 6) is 0.116. The number of carbonyl (C=O) groups excluding carboxylic acids is 1. The molecule has 1 amide bonds. The number of likely N-dealkylation sites (tertiary alicyclic amines) is 1. The first-order chi connectivity index (χ1) is 12.1. The quantitative estimate of drug-likeness (QED) is 0.738. The van der Waals surface area contributed by atoms with Gasteiger partial charge < -0.3 is 4.90 Å². The normalized spacial score (nSPS) is 17.4. The molecule has 6 heteroatoms. The molecule has 2 aromatic heterocycles. The molecule has 4 rings (SSSR count). The number of amides is 1. The van der Waals surface area contributed by atoms with Crippen LogP contribution in [0.3, 0.4) is 0 Å². The molecule has 128 valence electrons. The van der Waals surface area contributed by atoms with Gasteiger partial charge in [-0.3, -0.25) is 4.79 Å². The molecule has 0 saturated carbocycles. The Morgan fingerprint density at radius 2 is 2.24 bits per heavy atom. The van der Waals surface area contributed by atoms with Gasteiger partial charge in [0.1, 0.15) is 5.82 Å². The Hall–Kier alpha value is -2.76. The Bertz CT molecular complexity index is 903. The molecule has 1 aliphatic rings. The van der Waals surface area contributed by atoms with Crippen LogP contribution in [0, 0.1) is 18.7 Å². The van der Waals surface area contributed by atoms with E-state index in [-0.39, 0.29) is 11.7 Å². The monoisotopic (exact) mass is 338 g/mol. The van der Waals surface area contributed by atoms with E-state index >= 15 is 0 Å². The standard InChI is InChI=1S/C19H19FN4O/c1-13-3-4-14(10-16(13)20)9-15-5-8-23(12-15)19(25)17-11-18-21-6-2-7-24(18)22-17/h2-4,6-7,10-11,15H,5,8-9,12H2,1H3. The van der Waals surface area contributed by atoms with Crippen molar-refractivity contribution in [1.29, 1.82) is 0 Å². The fourth-order valence-electron chi connectivity index (χ4n) is 3.38. The van der Waals surface area contributed by atoms with Crippen LogP contribution in [0.15, 0.2) is 42.7 Å². The topological polar surface area (TPSA) is 50.5 Å². The number of benzene rings is 1. The maximum Gasteiger partial charge on any atom is 0.274 e. The Labute approximate surface area is 145 Å². The minimum atomic E-state index is -0.166. The average molecular weight is 338 g/mol. The van der Waals surface area contributed by atoms with E-state index in [1.807, 2.05) is 17.0 Å². The van der Waals surface area contributed by atoms with E-state index in [0.717, 1.165) is 18.4 Å². The first kappa shape index (κ1) is 15.7. The number of rotatable bonds is 3. The van der Waals surface area contributed by atoms with E-state index in [1.54, 1.807) is 42.0 Å².